The molecule has 0 spiro atoms. The number of halogens is 2. The van der Waals surface area contributed by atoms with Gasteiger partial charge in [-0.3, -0.25) is 4.79 Å². The van der Waals surface area contributed by atoms with E-state index in [1.165, 1.54) is 18.2 Å². The summed E-state index contributed by atoms with van der Waals surface area (Å²) < 4.78 is 54.3. The second kappa shape index (κ2) is 8.93. The van der Waals surface area contributed by atoms with E-state index in [1.807, 2.05) is 0 Å². The fourth-order valence-electron chi connectivity index (χ4n) is 2.70. The predicted molar refractivity (Wildman–Crippen MR) is 106 cm³/mol. The van der Waals surface area contributed by atoms with Gasteiger partial charge in [0, 0.05) is 11.8 Å². The minimum absolute atomic E-state index is 0.0127. The lowest BCUT2D eigenvalue weighted by molar-refractivity contribution is -0.117. The summed E-state index contributed by atoms with van der Waals surface area (Å²) in [4.78, 5) is 12.8. The van der Waals surface area contributed by atoms with Crippen molar-refractivity contribution in [3.05, 3.63) is 96.1 Å². The molecule has 5 nitrogen and oxygen atoms in total. The van der Waals surface area contributed by atoms with E-state index < -0.39 is 33.6 Å². The molecule has 0 unspecified atom stereocenters. The Kier molecular flexibility index (Phi) is 6.36. The minimum atomic E-state index is -3.98. The van der Waals surface area contributed by atoms with E-state index >= 15 is 0 Å². The zero-order valence-corrected chi connectivity index (χ0v) is 16.0. The van der Waals surface area contributed by atoms with E-state index in [0.29, 0.717) is 0 Å². The number of carbonyl (C=O) groups is 1. The normalized spacial score (nSPS) is 12.3. The molecule has 3 aromatic rings. The van der Waals surface area contributed by atoms with Gasteiger partial charge < -0.3 is 5.32 Å². The summed E-state index contributed by atoms with van der Waals surface area (Å²) in [7, 11) is -3.98. The van der Waals surface area contributed by atoms with Crippen LogP contribution in [0, 0.1) is 11.6 Å². The monoisotopic (exact) mass is 416 g/mol. The number of benzene rings is 3. The third-order valence-electron chi connectivity index (χ3n) is 4.14. The average Bonchev–Trinajstić information content (AvgIpc) is 2.71. The zero-order chi connectivity index (χ0) is 20.9. The molecule has 150 valence electrons. The van der Waals surface area contributed by atoms with Crippen LogP contribution in [0.25, 0.3) is 0 Å². The van der Waals surface area contributed by atoms with Gasteiger partial charge in [-0.1, -0.05) is 48.5 Å². The number of hydrogen-bond acceptors (Lipinski definition) is 3. The first kappa shape index (κ1) is 20.6. The van der Waals surface area contributed by atoms with Crippen LogP contribution in [0.2, 0.25) is 0 Å². The van der Waals surface area contributed by atoms with Gasteiger partial charge in [0.05, 0.1) is 4.90 Å². The first-order valence-electron chi connectivity index (χ1n) is 8.72. The summed E-state index contributed by atoms with van der Waals surface area (Å²) >= 11 is 0. The Labute approximate surface area is 167 Å². The highest BCUT2D eigenvalue weighted by molar-refractivity contribution is 7.89. The topological polar surface area (TPSA) is 75.3 Å². The molecule has 0 aliphatic rings. The summed E-state index contributed by atoms with van der Waals surface area (Å²) in [5.41, 5.74) is 0.750. The molecule has 0 saturated carbocycles. The van der Waals surface area contributed by atoms with Gasteiger partial charge >= 0.3 is 0 Å². The summed E-state index contributed by atoms with van der Waals surface area (Å²) in [6.45, 7) is 0. The van der Waals surface area contributed by atoms with Gasteiger partial charge in [-0.05, 0) is 36.2 Å². The maximum absolute atomic E-state index is 13.4. The minimum Gasteiger partial charge on any atom is -0.325 e. The van der Waals surface area contributed by atoms with Gasteiger partial charge in [-0.25, -0.2) is 17.2 Å². The number of hydrogen-bond donors (Lipinski definition) is 2. The summed E-state index contributed by atoms with van der Waals surface area (Å²) in [6, 6.07) is 18.2. The Hall–Kier alpha value is -3.10. The van der Waals surface area contributed by atoms with Crippen LogP contribution in [0.5, 0.6) is 0 Å². The molecule has 0 heterocycles. The highest BCUT2D eigenvalue weighted by atomic mass is 32.2. The van der Waals surface area contributed by atoms with Crippen molar-refractivity contribution >= 4 is 21.6 Å². The molecule has 0 bridgehead atoms. The molecular weight excluding hydrogens is 398 g/mol. The van der Waals surface area contributed by atoms with Crippen molar-refractivity contribution in [3.8, 4) is 0 Å². The van der Waals surface area contributed by atoms with E-state index in [0.717, 1.165) is 17.7 Å². The molecule has 2 N–H and O–H groups in total. The molecule has 0 saturated heterocycles. The van der Waals surface area contributed by atoms with Crippen molar-refractivity contribution in [3.63, 3.8) is 0 Å². The van der Waals surface area contributed by atoms with E-state index in [-0.39, 0.29) is 17.0 Å². The quantitative estimate of drug-likeness (QED) is 0.619. The van der Waals surface area contributed by atoms with Crippen LogP contribution in [0.1, 0.15) is 5.56 Å². The molecule has 0 aliphatic carbocycles. The molecule has 8 heteroatoms. The Morgan fingerprint density at radius 3 is 2.10 bits per heavy atom. The maximum atomic E-state index is 13.4. The van der Waals surface area contributed by atoms with Crippen LogP contribution in [0.4, 0.5) is 14.5 Å². The van der Waals surface area contributed by atoms with Crippen LogP contribution in [0.3, 0.4) is 0 Å². The molecular formula is C21H18F2N2O3S. The van der Waals surface area contributed by atoms with Gasteiger partial charge in [-0.2, -0.15) is 4.72 Å². The Morgan fingerprint density at radius 1 is 0.862 bits per heavy atom. The Balaban J connectivity index is 1.85. The number of amides is 1. The number of nitrogens with one attached hydrogen (secondary N) is 2. The van der Waals surface area contributed by atoms with Crippen LogP contribution < -0.4 is 10.0 Å². The summed E-state index contributed by atoms with van der Waals surface area (Å²) in [5, 5.41) is 2.43. The molecule has 29 heavy (non-hydrogen) atoms. The number of carbonyl (C=O) groups excluding carboxylic acids is 1. The van der Waals surface area contributed by atoms with Crippen LogP contribution in [0.15, 0.2) is 83.8 Å². The molecule has 0 aromatic heterocycles. The molecule has 3 aromatic carbocycles. The number of rotatable bonds is 7. The van der Waals surface area contributed by atoms with E-state index in [1.54, 1.807) is 48.5 Å². The zero-order valence-electron chi connectivity index (χ0n) is 15.2. The standard InChI is InChI=1S/C21H18F2N2O3S/c22-18-12-11-16(14-19(18)23)24-21(26)20(13-15-7-3-1-4-8-15)25-29(27,28)17-9-5-2-6-10-17/h1-12,14,20,25H,13H2,(H,24,26)/t20-/m1/s1. The van der Waals surface area contributed by atoms with Crippen molar-refractivity contribution in [2.45, 2.75) is 17.4 Å². The lowest BCUT2D eigenvalue weighted by Gasteiger charge is -2.19. The number of anilines is 1. The molecule has 0 radical (unpaired) electrons. The van der Waals surface area contributed by atoms with Gasteiger partial charge in [0.2, 0.25) is 15.9 Å². The van der Waals surface area contributed by atoms with Gasteiger partial charge in [-0.15, -0.1) is 0 Å². The van der Waals surface area contributed by atoms with E-state index in [2.05, 4.69) is 10.0 Å². The first-order valence-corrected chi connectivity index (χ1v) is 10.2. The Morgan fingerprint density at radius 2 is 1.48 bits per heavy atom. The molecule has 0 aliphatic heterocycles. The predicted octanol–water partition coefficient (Wildman–Crippen LogP) is 3.49. The molecule has 1 atom stereocenters. The highest BCUT2D eigenvalue weighted by Crippen LogP contribution is 2.15. The smallest absolute Gasteiger partial charge is 0.242 e. The van der Waals surface area contributed by atoms with Crippen molar-refractivity contribution in [2.75, 3.05) is 5.32 Å². The lowest BCUT2D eigenvalue weighted by atomic mass is 10.1. The third-order valence-corrected chi connectivity index (χ3v) is 5.62. The molecule has 0 fully saturated rings. The summed E-state index contributed by atoms with van der Waals surface area (Å²) in [5.74, 6) is -2.86. The fraction of sp³-hybridized carbons (Fsp3) is 0.0952. The van der Waals surface area contributed by atoms with E-state index in [4.69, 9.17) is 0 Å². The molecule has 1 amide bonds. The van der Waals surface area contributed by atoms with Gasteiger partial charge in [0.25, 0.3) is 0 Å². The largest absolute Gasteiger partial charge is 0.325 e. The highest BCUT2D eigenvalue weighted by Gasteiger charge is 2.26. The maximum Gasteiger partial charge on any atom is 0.242 e. The van der Waals surface area contributed by atoms with Crippen molar-refractivity contribution in [2.24, 2.45) is 0 Å². The second-order valence-electron chi connectivity index (χ2n) is 6.29. The molecule has 3 rings (SSSR count). The SMILES string of the molecule is O=C(Nc1ccc(F)c(F)c1)[C@@H](Cc1ccccc1)NS(=O)(=O)c1ccccc1. The third kappa shape index (κ3) is 5.46. The first-order chi connectivity index (χ1) is 13.8. The number of sulfonamides is 1. The van der Waals surface area contributed by atoms with Crippen LogP contribution in [-0.2, 0) is 21.2 Å². The summed E-state index contributed by atoms with van der Waals surface area (Å²) in [6.07, 6.45) is 0.0718. The average molecular weight is 416 g/mol. The fourth-order valence-corrected chi connectivity index (χ4v) is 3.91. The van der Waals surface area contributed by atoms with Crippen LogP contribution in [-0.4, -0.2) is 20.4 Å². The van der Waals surface area contributed by atoms with Crippen molar-refractivity contribution < 1.29 is 22.0 Å². The van der Waals surface area contributed by atoms with Gasteiger partial charge in [0.1, 0.15) is 6.04 Å². The van der Waals surface area contributed by atoms with E-state index in [9.17, 15) is 22.0 Å². The lowest BCUT2D eigenvalue weighted by Crippen LogP contribution is -2.45. The van der Waals surface area contributed by atoms with Crippen molar-refractivity contribution in [1.82, 2.24) is 4.72 Å². The van der Waals surface area contributed by atoms with Gasteiger partial charge in [0.15, 0.2) is 11.6 Å². The van der Waals surface area contributed by atoms with Crippen LogP contribution >= 0.6 is 0 Å². The Bertz CT molecular complexity index is 1090. The van der Waals surface area contributed by atoms with Crippen molar-refractivity contribution in [1.29, 1.82) is 0 Å². The second-order valence-corrected chi connectivity index (χ2v) is 8.01.